The number of rotatable bonds is 5. The lowest BCUT2D eigenvalue weighted by molar-refractivity contribution is 0.0945. The predicted molar refractivity (Wildman–Crippen MR) is 103 cm³/mol. The van der Waals surface area contributed by atoms with Gasteiger partial charge < -0.3 is 15.5 Å². The number of aromatic nitrogens is 2. The summed E-state index contributed by atoms with van der Waals surface area (Å²) in [5, 5.41) is 14.3. The highest BCUT2D eigenvalue weighted by Crippen LogP contribution is 2.25. The number of anilines is 3. The van der Waals surface area contributed by atoms with Gasteiger partial charge in [-0.3, -0.25) is 4.79 Å². The standard InChI is InChI=1S/C20H25N5O/c1-14-10-12-25(13-11-14)17-6-4-15(5-7-17)21-19-9-8-18(23-24-19)20(26)22-16-2-3-16/h4-9,14,16H,2-3,10-13H2,1H3,(H,21,24)(H,22,26). The van der Waals surface area contributed by atoms with E-state index in [9.17, 15) is 4.79 Å². The van der Waals surface area contributed by atoms with Crippen molar-refractivity contribution < 1.29 is 4.79 Å². The van der Waals surface area contributed by atoms with Crippen LogP contribution >= 0.6 is 0 Å². The van der Waals surface area contributed by atoms with Crippen LogP contribution in [0, 0.1) is 5.92 Å². The van der Waals surface area contributed by atoms with Crippen molar-refractivity contribution >= 4 is 23.1 Å². The molecule has 1 amide bonds. The van der Waals surface area contributed by atoms with Crippen LogP contribution in [0.15, 0.2) is 36.4 Å². The first-order chi connectivity index (χ1) is 12.7. The van der Waals surface area contributed by atoms with Crippen LogP contribution in [0.1, 0.15) is 43.1 Å². The molecule has 1 aromatic heterocycles. The minimum absolute atomic E-state index is 0.147. The van der Waals surface area contributed by atoms with Gasteiger partial charge in [0.2, 0.25) is 0 Å². The Bertz CT molecular complexity index is 747. The van der Waals surface area contributed by atoms with Gasteiger partial charge in [-0.1, -0.05) is 6.92 Å². The molecule has 2 N–H and O–H groups in total. The minimum atomic E-state index is -0.147. The van der Waals surface area contributed by atoms with Crippen molar-refractivity contribution in [3.05, 3.63) is 42.1 Å². The second-order valence-electron chi connectivity index (χ2n) is 7.39. The summed E-state index contributed by atoms with van der Waals surface area (Å²) >= 11 is 0. The lowest BCUT2D eigenvalue weighted by atomic mass is 9.99. The molecule has 0 atom stereocenters. The van der Waals surface area contributed by atoms with Crippen LogP contribution in [0.4, 0.5) is 17.2 Å². The van der Waals surface area contributed by atoms with Crippen molar-refractivity contribution in [2.75, 3.05) is 23.3 Å². The molecule has 0 spiro atoms. The maximum atomic E-state index is 11.9. The van der Waals surface area contributed by atoms with Crippen LogP contribution in [-0.4, -0.2) is 35.2 Å². The van der Waals surface area contributed by atoms with E-state index in [1.165, 1.54) is 18.5 Å². The van der Waals surface area contributed by atoms with E-state index in [-0.39, 0.29) is 5.91 Å². The molecular formula is C20H25N5O. The fraction of sp³-hybridized carbons (Fsp3) is 0.450. The van der Waals surface area contributed by atoms with Crippen molar-refractivity contribution in [1.82, 2.24) is 15.5 Å². The molecule has 2 aromatic rings. The molecule has 6 nitrogen and oxygen atoms in total. The molecule has 0 unspecified atom stereocenters. The van der Waals surface area contributed by atoms with Crippen LogP contribution < -0.4 is 15.5 Å². The Labute approximate surface area is 154 Å². The second kappa shape index (κ2) is 7.32. The number of carbonyl (C=O) groups is 1. The molecule has 26 heavy (non-hydrogen) atoms. The molecule has 6 heteroatoms. The summed E-state index contributed by atoms with van der Waals surface area (Å²) in [4.78, 5) is 14.4. The van der Waals surface area contributed by atoms with Crippen LogP contribution in [0.3, 0.4) is 0 Å². The van der Waals surface area contributed by atoms with E-state index in [0.29, 0.717) is 17.6 Å². The first kappa shape index (κ1) is 16.8. The number of nitrogens with zero attached hydrogens (tertiary/aromatic N) is 3. The maximum Gasteiger partial charge on any atom is 0.272 e. The summed E-state index contributed by atoms with van der Waals surface area (Å²) in [6, 6.07) is 12.2. The monoisotopic (exact) mass is 351 g/mol. The van der Waals surface area contributed by atoms with Gasteiger partial charge in [-0.2, -0.15) is 0 Å². The van der Waals surface area contributed by atoms with Crippen LogP contribution in [0.25, 0.3) is 0 Å². The zero-order valence-electron chi connectivity index (χ0n) is 15.1. The third kappa shape index (κ3) is 4.12. The summed E-state index contributed by atoms with van der Waals surface area (Å²) in [6.07, 6.45) is 4.64. The van der Waals surface area contributed by atoms with Gasteiger partial charge in [0.25, 0.3) is 5.91 Å². The number of amides is 1. The van der Waals surface area contributed by atoms with Gasteiger partial charge in [-0.25, -0.2) is 0 Å². The number of carbonyl (C=O) groups excluding carboxylic acids is 1. The zero-order valence-corrected chi connectivity index (χ0v) is 15.1. The maximum absolute atomic E-state index is 11.9. The van der Waals surface area contributed by atoms with Crippen molar-refractivity contribution in [3.63, 3.8) is 0 Å². The predicted octanol–water partition coefficient (Wildman–Crippen LogP) is 3.35. The molecular weight excluding hydrogens is 326 g/mol. The molecule has 2 fully saturated rings. The molecule has 2 heterocycles. The molecule has 4 rings (SSSR count). The van der Waals surface area contributed by atoms with E-state index < -0.39 is 0 Å². The van der Waals surface area contributed by atoms with E-state index >= 15 is 0 Å². The van der Waals surface area contributed by atoms with Gasteiger partial charge in [0.05, 0.1) is 0 Å². The summed E-state index contributed by atoms with van der Waals surface area (Å²) in [6.45, 7) is 4.58. The highest BCUT2D eigenvalue weighted by Gasteiger charge is 2.24. The lowest BCUT2D eigenvalue weighted by Crippen LogP contribution is -2.32. The van der Waals surface area contributed by atoms with Crippen LogP contribution in [-0.2, 0) is 0 Å². The van der Waals surface area contributed by atoms with E-state index in [0.717, 1.165) is 37.5 Å². The van der Waals surface area contributed by atoms with Crippen molar-refractivity contribution in [1.29, 1.82) is 0 Å². The average molecular weight is 351 g/mol. The van der Waals surface area contributed by atoms with Gasteiger partial charge in [0, 0.05) is 30.5 Å². The van der Waals surface area contributed by atoms with Gasteiger partial charge in [0.15, 0.2) is 11.5 Å². The van der Waals surface area contributed by atoms with Gasteiger partial charge >= 0.3 is 0 Å². The van der Waals surface area contributed by atoms with E-state index in [1.807, 2.05) is 0 Å². The molecule has 0 bridgehead atoms. The fourth-order valence-corrected chi connectivity index (χ4v) is 3.18. The number of benzene rings is 1. The normalized spacial score (nSPS) is 17.8. The SMILES string of the molecule is CC1CCN(c2ccc(Nc3ccc(C(=O)NC4CC4)nn3)cc2)CC1. The van der Waals surface area contributed by atoms with Crippen molar-refractivity contribution in [2.45, 2.75) is 38.6 Å². The Balaban J connectivity index is 1.35. The molecule has 1 saturated heterocycles. The number of nitrogens with one attached hydrogen (secondary N) is 2. The highest BCUT2D eigenvalue weighted by atomic mass is 16.2. The quantitative estimate of drug-likeness (QED) is 0.864. The second-order valence-corrected chi connectivity index (χ2v) is 7.39. The summed E-state index contributed by atoms with van der Waals surface area (Å²) < 4.78 is 0. The minimum Gasteiger partial charge on any atom is -0.372 e. The topological polar surface area (TPSA) is 70.2 Å². The molecule has 136 valence electrons. The Hall–Kier alpha value is -2.63. The number of hydrogen-bond donors (Lipinski definition) is 2. The van der Waals surface area contributed by atoms with Gasteiger partial charge in [-0.15, -0.1) is 10.2 Å². The summed E-state index contributed by atoms with van der Waals surface area (Å²) in [5.41, 5.74) is 2.58. The van der Waals surface area contributed by atoms with Crippen LogP contribution in [0.2, 0.25) is 0 Å². The molecule has 2 aliphatic rings. The third-order valence-corrected chi connectivity index (χ3v) is 5.10. The van der Waals surface area contributed by atoms with Crippen LogP contribution in [0.5, 0.6) is 0 Å². The number of piperidine rings is 1. The fourth-order valence-electron chi connectivity index (χ4n) is 3.18. The smallest absolute Gasteiger partial charge is 0.272 e. The van der Waals surface area contributed by atoms with E-state index in [2.05, 4.69) is 56.9 Å². The van der Waals surface area contributed by atoms with E-state index in [4.69, 9.17) is 0 Å². The van der Waals surface area contributed by atoms with Crippen molar-refractivity contribution in [3.8, 4) is 0 Å². The Kier molecular flexibility index (Phi) is 4.73. The highest BCUT2D eigenvalue weighted by molar-refractivity contribution is 5.92. The van der Waals surface area contributed by atoms with Crippen molar-refractivity contribution in [2.24, 2.45) is 5.92 Å². The van der Waals surface area contributed by atoms with Gasteiger partial charge in [-0.05, 0) is 68.0 Å². The summed E-state index contributed by atoms with van der Waals surface area (Å²) in [5.74, 6) is 1.32. The first-order valence-corrected chi connectivity index (χ1v) is 9.44. The summed E-state index contributed by atoms with van der Waals surface area (Å²) in [7, 11) is 0. The van der Waals surface area contributed by atoms with E-state index in [1.54, 1.807) is 12.1 Å². The molecule has 1 aliphatic carbocycles. The molecule has 0 radical (unpaired) electrons. The van der Waals surface area contributed by atoms with Gasteiger partial charge in [0.1, 0.15) is 0 Å². The third-order valence-electron chi connectivity index (χ3n) is 5.10. The Morgan fingerprint density at radius 1 is 1.00 bits per heavy atom. The largest absolute Gasteiger partial charge is 0.372 e. The molecule has 1 aromatic carbocycles. The number of hydrogen-bond acceptors (Lipinski definition) is 5. The first-order valence-electron chi connectivity index (χ1n) is 9.44. The average Bonchev–Trinajstić information content (AvgIpc) is 3.48. The Morgan fingerprint density at radius 3 is 2.35 bits per heavy atom. The molecule has 1 aliphatic heterocycles. The Morgan fingerprint density at radius 2 is 1.73 bits per heavy atom. The molecule has 1 saturated carbocycles. The lowest BCUT2D eigenvalue weighted by Gasteiger charge is -2.32. The zero-order chi connectivity index (χ0) is 17.9.